The van der Waals surface area contributed by atoms with Gasteiger partial charge >= 0.3 is 131 Å². The van der Waals surface area contributed by atoms with Gasteiger partial charge in [-0.25, -0.2) is 0 Å². The second-order valence-electron chi connectivity index (χ2n) is 4.46. The van der Waals surface area contributed by atoms with E-state index in [4.69, 9.17) is 0 Å². The molecule has 20 heavy (non-hydrogen) atoms. The van der Waals surface area contributed by atoms with E-state index in [9.17, 15) is 8.42 Å². The normalized spacial score (nSPS) is 11.7. The van der Waals surface area contributed by atoms with Crippen molar-refractivity contribution >= 4 is 9.84 Å². The fourth-order valence-electron chi connectivity index (χ4n) is 1.79. The quantitative estimate of drug-likeness (QED) is 0.396. The monoisotopic (exact) mass is 402 g/mol. The zero-order valence-corrected chi connectivity index (χ0v) is 14.5. The van der Waals surface area contributed by atoms with Crippen LogP contribution >= 0.6 is 0 Å². The van der Waals surface area contributed by atoms with Crippen LogP contribution in [0.15, 0.2) is 47.5 Å². The second-order valence-corrected chi connectivity index (χ2v) is 9.34. The van der Waals surface area contributed by atoms with Crippen LogP contribution in [0.1, 0.15) is 13.3 Å². The minimum absolute atomic E-state index is 0.120. The molecule has 0 amide bonds. The maximum atomic E-state index is 11.7. The Kier molecular flexibility index (Phi) is 5.15. The average Bonchev–Trinajstić information content (AvgIpc) is 2.45. The molecule has 1 aromatic heterocycles. The molecule has 0 N–H and O–H groups in total. The first-order valence-corrected chi connectivity index (χ1v) is 10.9. The first-order valence-electron chi connectivity index (χ1n) is 6.37. The van der Waals surface area contributed by atoms with Gasteiger partial charge in [0.1, 0.15) is 0 Å². The zero-order chi connectivity index (χ0) is 14.6. The van der Waals surface area contributed by atoms with Crippen molar-refractivity contribution < 1.29 is 29.6 Å². The molecular formula is C15H17INO2S-. The van der Waals surface area contributed by atoms with Gasteiger partial charge in [-0.15, -0.1) is 0 Å². The molecule has 0 aliphatic rings. The van der Waals surface area contributed by atoms with Crippen LogP contribution in [-0.4, -0.2) is 24.1 Å². The Balaban J connectivity index is 2.46. The van der Waals surface area contributed by atoms with Gasteiger partial charge in [-0.1, -0.05) is 0 Å². The Morgan fingerprint density at radius 3 is 2.70 bits per heavy atom. The van der Waals surface area contributed by atoms with Crippen LogP contribution in [0.4, 0.5) is 0 Å². The summed E-state index contributed by atoms with van der Waals surface area (Å²) in [6.07, 6.45) is 4.21. The van der Waals surface area contributed by atoms with Crippen LogP contribution in [0.5, 0.6) is 0 Å². The second kappa shape index (κ2) is 6.67. The summed E-state index contributed by atoms with van der Waals surface area (Å²) >= 11 is -0.120. The molecule has 3 nitrogen and oxygen atoms in total. The first-order chi connectivity index (χ1) is 9.52. The molecule has 0 unspecified atom stereocenters. The number of hydrogen-bond acceptors (Lipinski definition) is 3. The van der Waals surface area contributed by atoms with Crippen LogP contribution in [0.3, 0.4) is 0 Å². The number of sulfone groups is 1. The van der Waals surface area contributed by atoms with Gasteiger partial charge in [0.25, 0.3) is 0 Å². The van der Waals surface area contributed by atoms with Crippen LogP contribution in [0.2, 0.25) is 0 Å². The van der Waals surface area contributed by atoms with E-state index in [1.54, 1.807) is 18.2 Å². The van der Waals surface area contributed by atoms with Crippen molar-refractivity contribution in [2.45, 2.75) is 18.2 Å². The SMILES string of the molecule is CCC[I-]c1ncccc1-c1cccc(S(C)(=O)=O)c1. The molecule has 0 aliphatic heterocycles. The van der Waals surface area contributed by atoms with E-state index in [-0.39, 0.29) is 21.2 Å². The Bertz CT molecular complexity index is 699. The van der Waals surface area contributed by atoms with Gasteiger partial charge in [-0.2, -0.15) is 0 Å². The molecule has 0 aliphatic carbocycles. The molecule has 0 saturated heterocycles. The molecule has 5 heteroatoms. The molecule has 0 saturated carbocycles. The Labute approximate surface area is 130 Å². The van der Waals surface area contributed by atoms with Crippen molar-refractivity contribution in [3.8, 4) is 11.1 Å². The number of halogens is 1. The summed E-state index contributed by atoms with van der Waals surface area (Å²) < 4.78 is 25.7. The van der Waals surface area contributed by atoms with Crippen molar-refractivity contribution in [2.75, 3.05) is 10.7 Å². The molecule has 2 rings (SSSR count). The van der Waals surface area contributed by atoms with Crippen LogP contribution in [-0.2, 0) is 9.84 Å². The number of alkyl halides is 1. The maximum absolute atomic E-state index is 11.7. The van der Waals surface area contributed by atoms with Crippen molar-refractivity contribution in [1.82, 2.24) is 4.98 Å². The van der Waals surface area contributed by atoms with Gasteiger partial charge in [0, 0.05) is 0 Å². The fourth-order valence-corrected chi connectivity index (χ4v) is 4.76. The summed E-state index contributed by atoms with van der Waals surface area (Å²) in [6.45, 7) is 2.17. The third kappa shape index (κ3) is 3.79. The number of nitrogens with zero attached hydrogens (tertiary/aromatic N) is 1. The standard InChI is InChI=1S/C15H17INO2S/c1-3-9-16-15-14(8-5-10-17-15)12-6-4-7-13(11-12)20(2,18)19/h4-8,10-11H,3,9H2,1-2H3/q-1. The summed E-state index contributed by atoms with van der Waals surface area (Å²) in [5.74, 6) is 0. The molecule has 0 fully saturated rings. The van der Waals surface area contributed by atoms with E-state index < -0.39 is 9.84 Å². The number of aromatic nitrogens is 1. The van der Waals surface area contributed by atoms with Gasteiger partial charge in [0.15, 0.2) is 0 Å². The molecular weight excluding hydrogens is 385 g/mol. The van der Waals surface area contributed by atoms with E-state index >= 15 is 0 Å². The van der Waals surface area contributed by atoms with E-state index in [1.165, 1.54) is 10.7 Å². The van der Waals surface area contributed by atoms with Crippen LogP contribution < -0.4 is 21.2 Å². The predicted molar refractivity (Wildman–Crippen MR) is 76.6 cm³/mol. The van der Waals surface area contributed by atoms with E-state index in [2.05, 4.69) is 11.9 Å². The van der Waals surface area contributed by atoms with Crippen molar-refractivity contribution in [2.24, 2.45) is 0 Å². The van der Waals surface area contributed by atoms with Gasteiger partial charge in [0.05, 0.1) is 0 Å². The molecule has 2 aromatic rings. The molecule has 1 aromatic carbocycles. The topological polar surface area (TPSA) is 47.0 Å². The summed E-state index contributed by atoms with van der Waals surface area (Å²) in [4.78, 5) is 4.84. The third-order valence-corrected chi connectivity index (χ3v) is 7.05. The molecule has 0 atom stereocenters. The van der Waals surface area contributed by atoms with Gasteiger partial charge in [-0.3, -0.25) is 0 Å². The van der Waals surface area contributed by atoms with Crippen molar-refractivity contribution in [3.05, 3.63) is 46.3 Å². The molecule has 1 heterocycles. The Morgan fingerprint density at radius 2 is 2.00 bits per heavy atom. The first kappa shape index (κ1) is 15.4. The third-order valence-electron chi connectivity index (χ3n) is 2.74. The zero-order valence-electron chi connectivity index (χ0n) is 11.5. The summed E-state index contributed by atoms with van der Waals surface area (Å²) in [6, 6.07) is 11.0. The summed E-state index contributed by atoms with van der Waals surface area (Å²) in [5.41, 5.74) is 2.01. The summed E-state index contributed by atoms with van der Waals surface area (Å²) in [7, 11) is -3.17. The minimum atomic E-state index is -3.17. The van der Waals surface area contributed by atoms with Gasteiger partial charge in [-0.05, 0) is 0 Å². The van der Waals surface area contributed by atoms with Crippen LogP contribution in [0.25, 0.3) is 11.1 Å². The molecule has 108 valence electrons. The molecule has 0 bridgehead atoms. The Morgan fingerprint density at radius 1 is 1.20 bits per heavy atom. The van der Waals surface area contributed by atoms with Gasteiger partial charge in [0.2, 0.25) is 0 Å². The number of rotatable bonds is 5. The van der Waals surface area contributed by atoms with E-state index in [0.717, 1.165) is 21.2 Å². The van der Waals surface area contributed by atoms with Gasteiger partial charge < -0.3 is 0 Å². The molecule has 0 radical (unpaired) electrons. The average molecular weight is 402 g/mol. The van der Waals surface area contributed by atoms with E-state index in [0.29, 0.717) is 4.90 Å². The van der Waals surface area contributed by atoms with Crippen molar-refractivity contribution in [3.63, 3.8) is 0 Å². The number of pyridine rings is 1. The Hall–Kier alpha value is -0.950. The summed E-state index contributed by atoms with van der Waals surface area (Å²) in [5, 5.41) is 0. The fraction of sp³-hybridized carbons (Fsp3) is 0.267. The van der Waals surface area contributed by atoms with Crippen LogP contribution in [0, 0.1) is 3.70 Å². The predicted octanol–water partition coefficient (Wildman–Crippen LogP) is -0.179. The number of hydrogen-bond donors (Lipinski definition) is 0. The molecule has 0 spiro atoms. The van der Waals surface area contributed by atoms with E-state index in [1.807, 2.05) is 24.4 Å². The van der Waals surface area contributed by atoms with Crippen molar-refractivity contribution in [1.29, 1.82) is 0 Å². The number of benzene rings is 1.